The molecule has 1 aliphatic carbocycles. The second-order valence-corrected chi connectivity index (χ2v) is 5.86. The van der Waals surface area contributed by atoms with Crippen molar-refractivity contribution in [2.75, 3.05) is 12.3 Å². The summed E-state index contributed by atoms with van der Waals surface area (Å²) in [6.07, 6.45) is 5.90. The van der Waals surface area contributed by atoms with Gasteiger partial charge in [0.05, 0.1) is 0 Å². The van der Waals surface area contributed by atoms with Crippen LogP contribution in [-0.2, 0) is 6.42 Å². The number of nitrogens with zero attached hydrogens (tertiary/aromatic N) is 1. The summed E-state index contributed by atoms with van der Waals surface area (Å²) in [7, 11) is 0. The van der Waals surface area contributed by atoms with Gasteiger partial charge in [0.15, 0.2) is 0 Å². The van der Waals surface area contributed by atoms with Gasteiger partial charge in [-0.2, -0.15) is 0 Å². The van der Waals surface area contributed by atoms with Crippen LogP contribution in [0.15, 0.2) is 12.1 Å². The van der Waals surface area contributed by atoms with Gasteiger partial charge in [-0.1, -0.05) is 33.1 Å². The quantitative estimate of drug-likeness (QED) is 0.888. The lowest BCUT2D eigenvalue weighted by Gasteiger charge is -2.28. The van der Waals surface area contributed by atoms with Crippen LogP contribution >= 0.6 is 0 Å². The van der Waals surface area contributed by atoms with Crippen LogP contribution in [0, 0.1) is 11.8 Å². The first-order valence-corrected chi connectivity index (χ1v) is 7.64. The van der Waals surface area contributed by atoms with E-state index < -0.39 is 0 Å². The van der Waals surface area contributed by atoms with Crippen LogP contribution < -0.4 is 11.1 Å². The lowest BCUT2D eigenvalue weighted by molar-refractivity contribution is 0.0936. The summed E-state index contributed by atoms with van der Waals surface area (Å²) < 4.78 is 0. The van der Waals surface area contributed by atoms with E-state index in [1.807, 2.05) is 13.0 Å². The summed E-state index contributed by atoms with van der Waals surface area (Å²) >= 11 is 0. The Bertz CT molecular complexity index is 473. The van der Waals surface area contributed by atoms with E-state index >= 15 is 0 Å². The van der Waals surface area contributed by atoms with Crippen molar-refractivity contribution >= 4 is 11.7 Å². The van der Waals surface area contributed by atoms with Crippen molar-refractivity contribution in [2.45, 2.75) is 46.0 Å². The highest BCUT2D eigenvalue weighted by atomic mass is 16.1. The second kappa shape index (κ2) is 6.73. The number of nitrogen functional groups attached to an aromatic ring is 1. The van der Waals surface area contributed by atoms with Crippen LogP contribution in [0.25, 0.3) is 0 Å². The molecule has 1 amide bonds. The van der Waals surface area contributed by atoms with Gasteiger partial charge < -0.3 is 11.1 Å². The Morgan fingerprint density at radius 2 is 2.15 bits per heavy atom. The lowest BCUT2D eigenvalue weighted by atomic mass is 9.80. The Morgan fingerprint density at radius 3 is 2.85 bits per heavy atom. The highest BCUT2D eigenvalue weighted by molar-refractivity contribution is 5.94. The number of nitrogens with one attached hydrogen (secondary N) is 1. The standard InChI is InChI=1S/C16H25N3O/c1-3-14-8-13(9-15(17)19-14)16(20)18-10-12-7-5-4-6-11(12)2/h8-9,11-12H,3-7,10H2,1-2H3,(H2,17,19)(H,18,20). The van der Waals surface area contributed by atoms with Crippen molar-refractivity contribution in [3.8, 4) is 0 Å². The molecule has 0 aliphatic heterocycles. The Hall–Kier alpha value is -1.58. The first kappa shape index (κ1) is 14.8. The predicted molar refractivity (Wildman–Crippen MR) is 81.5 cm³/mol. The van der Waals surface area contributed by atoms with Gasteiger partial charge >= 0.3 is 0 Å². The molecule has 0 saturated heterocycles. The largest absolute Gasteiger partial charge is 0.384 e. The summed E-state index contributed by atoms with van der Waals surface area (Å²) in [6, 6.07) is 3.48. The summed E-state index contributed by atoms with van der Waals surface area (Å²) in [4.78, 5) is 16.4. The number of aromatic nitrogens is 1. The topological polar surface area (TPSA) is 68.0 Å². The number of rotatable bonds is 4. The van der Waals surface area contributed by atoms with E-state index in [4.69, 9.17) is 5.73 Å². The van der Waals surface area contributed by atoms with Crippen molar-refractivity contribution in [1.82, 2.24) is 10.3 Å². The number of anilines is 1. The normalized spacial score (nSPS) is 22.5. The van der Waals surface area contributed by atoms with Crippen molar-refractivity contribution in [3.05, 3.63) is 23.4 Å². The molecule has 2 unspecified atom stereocenters. The smallest absolute Gasteiger partial charge is 0.251 e. The molecule has 2 atom stereocenters. The minimum atomic E-state index is -0.0356. The molecular formula is C16H25N3O. The van der Waals surface area contributed by atoms with Gasteiger partial charge in [-0.25, -0.2) is 4.98 Å². The van der Waals surface area contributed by atoms with E-state index in [1.54, 1.807) is 6.07 Å². The van der Waals surface area contributed by atoms with Gasteiger partial charge in [-0.3, -0.25) is 4.79 Å². The van der Waals surface area contributed by atoms with Gasteiger partial charge in [-0.05, 0) is 36.8 Å². The molecule has 1 aromatic heterocycles. The zero-order valence-electron chi connectivity index (χ0n) is 12.5. The number of hydrogen-bond donors (Lipinski definition) is 2. The van der Waals surface area contributed by atoms with Gasteiger partial charge in [0.25, 0.3) is 5.91 Å². The maximum absolute atomic E-state index is 12.2. The first-order valence-electron chi connectivity index (χ1n) is 7.64. The molecule has 110 valence electrons. The fourth-order valence-corrected chi connectivity index (χ4v) is 2.95. The lowest BCUT2D eigenvalue weighted by Crippen LogP contribution is -2.33. The van der Waals surface area contributed by atoms with Crippen LogP contribution in [0.1, 0.15) is 55.6 Å². The average molecular weight is 275 g/mol. The summed E-state index contributed by atoms with van der Waals surface area (Å²) in [5.74, 6) is 1.70. The van der Waals surface area contributed by atoms with Gasteiger partial charge in [-0.15, -0.1) is 0 Å². The van der Waals surface area contributed by atoms with Crippen LogP contribution in [-0.4, -0.2) is 17.4 Å². The van der Waals surface area contributed by atoms with Crippen molar-refractivity contribution < 1.29 is 4.79 Å². The third kappa shape index (κ3) is 3.71. The molecule has 20 heavy (non-hydrogen) atoms. The highest BCUT2D eigenvalue weighted by Gasteiger charge is 2.21. The molecule has 0 spiro atoms. The van der Waals surface area contributed by atoms with Crippen molar-refractivity contribution in [3.63, 3.8) is 0 Å². The number of nitrogens with two attached hydrogens (primary N) is 1. The van der Waals surface area contributed by atoms with Gasteiger partial charge in [0.1, 0.15) is 5.82 Å². The molecule has 0 radical (unpaired) electrons. The average Bonchev–Trinajstić information content (AvgIpc) is 2.45. The number of hydrogen-bond acceptors (Lipinski definition) is 3. The van der Waals surface area contributed by atoms with E-state index in [0.717, 1.165) is 18.7 Å². The van der Waals surface area contributed by atoms with E-state index in [1.165, 1.54) is 25.7 Å². The predicted octanol–water partition coefficient (Wildman–Crippen LogP) is 2.78. The van der Waals surface area contributed by atoms with Crippen LogP contribution in [0.5, 0.6) is 0 Å². The zero-order chi connectivity index (χ0) is 14.5. The molecule has 1 aromatic rings. The van der Waals surface area contributed by atoms with Crippen LogP contribution in [0.4, 0.5) is 5.82 Å². The molecule has 3 N–H and O–H groups in total. The molecule has 0 aromatic carbocycles. The van der Waals surface area contributed by atoms with Gasteiger partial charge in [0.2, 0.25) is 0 Å². The van der Waals surface area contributed by atoms with Crippen LogP contribution in [0.3, 0.4) is 0 Å². The van der Waals surface area contributed by atoms with Crippen LogP contribution in [0.2, 0.25) is 0 Å². The molecular weight excluding hydrogens is 250 g/mol. The monoisotopic (exact) mass is 275 g/mol. The minimum Gasteiger partial charge on any atom is -0.384 e. The Morgan fingerprint density at radius 1 is 1.40 bits per heavy atom. The Balaban J connectivity index is 1.96. The maximum Gasteiger partial charge on any atom is 0.251 e. The number of amides is 1. The van der Waals surface area contributed by atoms with E-state index in [-0.39, 0.29) is 5.91 Å². The van der Waals surface area contributed by atoms with E-state index in [9.17, 15) is 4.79 Å². The number of carbonyl (C=O) groups is 1. The van der Waals surface area contributed by atoms with Crippen molar-refractivity contribution in [2.24, 2.45) is 11.8 Å². The number of pyridine rings is 1. The molecule has 1 aliphatic rings. The fraction of sp³-hybridized carbons (Fsp3) is 0.625. The summed E-state index contributed by atoms with van der Waals surface area (Å²) in [5.41, 5.74) is 7.23. The number of aryl methyl sites for hydroxylation is 1. The fourth-order valence-electron chi connectivity index (χ4n) is 2.95. The first-order chi connectivity index (χ1) is 9.60. The molecule has 1 heterocycles. The van der Waals surface area contributed by atoms with E-state index in [2.05, 4.69) is 17.2 Å². The third-order valence-corrected chi connectivity index (χ3v) is 4.34. The highest BCUT2D eigenvalue weighted by Crippen LogP contribution is 2.28. The molecule has 4 heteroatoms. The molecule has 4 nitrogen and oxygen atoms in total. The summed E-state index contributed by atoms with van der Waals surface area (Å²) in [5, 5.41) is 3.06. The molecule has 2 rings (SSSR count). The molecule has 0 bridgehead atoms. The molecule has 1 saturated carbocycles. The SMILES string of the molecule is CCc1cc(C(=O)NCC2CCCCC2C)cc(N)n1. The minimum absolute atomic E-state index is 0.0356. The van der Waals surface area contributed by atoms with Crippen molar-refractivity contribution in [1.29, 1.82) is 0 Å². The van der Waals surface area contributed by atoms with Gasteiger partial charge in [0, 0.05) is 17.8 Å². The maximum atomic E-state index is 12.2. The Kier molecular flexibility index (Phi) is 4.99. The van der Waals surface area contributed by atoms with E-state index in [0.29, 0.717) is 23.2 Å². The third-order valence-electron chi connectivity index (χ3n) is 4.34. The second-order valence-electron chi connectivity index (χ2n) is 5.86. The Labute approximate surface area is 121 Å². The zero-order valence-corrected chi connectivity index (χ0v) is 12.5. The number of carbonyl (C=O) groups excluding carboxylic acids is 1. The summed E-state index contributed by atoms with van der Waals surface area (Å²) in [6.45, 7) is 5.06. The molecule has 1 fully saturated rings.